The summed E-state index contributed by atoms with van der Waals surface area (Å²) in [5, 5.41) is 16.8. The van der Waals surface area contributed by atoms with Crippen LogP contribution >= 0.6 is 11.9 Å². The van der Waals surface area contributed by atoms with Gasteiger partial charge in [-0.05, 0) is 35.9 Å². The number of carbonyl (C=O) groups excluding carboxylic acids is 2. The van der Waals surface area contributed by atoms with E-state index in [1.54, 1.807) is 53.9 Å². The van der Waals surface area contributed by atoms with Gasteiger partial charge in [0, 0.05) is 29.5 Å². The van der Waals surface area contributed by atoms with Gasteiger partial charge < -0.3 is 20.9 Å². The van der Waals surface area contributed by atoms with Crippen LogP contribution in [0.15, 0.2) is 53.9 Å². The van der Waals surface area contributed by atoms with Crippen molar-refractivity contribution in [2.45, 2.75) is 0 Å². The zero-order valence-corrected chi connectivity index (χ0v) is 15.0. The fraction of sp³-hybridized carbons (Fsp3) is 0.111. The maximum Gasteiger partial charge on any atom is 0.255 e. The Balaban J connectivity index is 0.00000163. The topological polar surface area (TPSA) is 128 Å². The molecule has 6 N–H and O–H groups in total. The van der Waals surface area contributed by atoms with Gasteiger partial charge in [0.1, 0.15) is 12.4 Å². The SMILES string of the molecule is CO.NS/C=C(\N)c1ccc(NC(=O)c2cccc(OCC=O)c2)cc1. The lowest BCUT2D eigenvalue weighted by Gasteiger charge is -2.08. The Morgan fingerprint density at radius 3 is 2.50 bits per heavy atom. The molecule has 8 heteroatoms. The first-order valence-electron chi connectivity index (χ1n) is 7.48. The van der Waals surface area contributed by atoms with Crippen molar-refractivity contribution in [3.8, 4) is 5.75 Å². The van der Waals surface area contributed by atoms with E-state index in [1.807, 2.05) is 0 Å². The van der Waals surface area contributed by atoms with Crippen LogP contribution in [0.1, 0.15) is 15.9 Å². The van der Waals surface area contributed by atoms with Crippen molar-refractivity contribution < 1.29 is 19.4 Å². The lowest BCUT2D eigenvalue weighted by molar-refractivity contribution is -0.109. The molecule has 138 valence electrons. The molecule has 0 radical (unpaired) electrons. The van der Waals surface area contributed by atoms with Crippen LogP contribution in [0, 0.1) is 0 Å². The number of rotatable bonds is 7. The summed E-state index contributed by atoms with van der Waals surface area (Å²) in [4.78, 5) is 22.6. The Morgan fingerprint density at radius 2 is 1.88 bits per heavy atom. The summed E-state index contributed by atoms with van der Waals surface area (Å²) in [6.45, 7) is -0.0530. The molecule has 0 heterocycles. The second kappa shape index (κ2) is 11.7. The molecule has 2 aromatic carbocycles. The molecule has 2 rings (SSSR count). The van der Waals surface area contributed by atoms with Crippen LogP contribution in [0.3, 0.4) is 0 Å². The molecule has 0 aliphatic heterocycles. The third-order valence-electron chi connectivity index (χ3n) is 3.09. The first kappa shape index (κ1) is 21.2. The second-order valence-corrected chi connectivity index (χ2v) is 5.25. The normalized spacial score (nSPS) is 10.3. The first-order valence-corrected chi connectivity index (χ1v) is 8.42. The number of ether oxygens (including phenoxy) is 1. The second-order valence-electron chi connectivity index (χ2n) is 4.75. The highest BCUT2D eigenvalue weighted by Gasteiger charge is 2.08. The van der Waals surface area contributed by atoms with Gasteiger partial charge >= 0.3 is 0 Å². The van der Waals surface area contributed by atoms with Crippen molar-refractivity contribution in [2.24, 2.45) is 10.9 Å². The van der Waals surface area contributed by atoms with Gasteiger partial charge in [-0.2, -0.15) is 0 Å². The van der Waals surface area contributed by atoms with E-state index in [9.17, 15) is 9.59 Å². The predicted molar refractivity (Wildman–Crippen MR) is 104 cm³/mol. The number of hydrogen-bond donors (Lipinski definition) is 4. The molecule has 0 spiro atoms. The van der Waals surface area contributed by atoms with Gasteiger partial charge in [0.25, 0.3) is 5.91 Å². The predicted octanol–water partition coefficient (Wildman–Crippen LogP) is 1.99. The molecule has 0 aromatic heterocycles. The summed E-state index contributed by atoms with van der Waals surface area (Å²) in [5.41, 5.74) is 8.28. The highest BCUT2D eigenvalue weighted by Crippen LogP contribution is 2.18. The van der Waals surface area contributed by atoms with Gasteiger partial charge in [-0.15, -0.1) is 0 Å². The molecule has 0 saturated heterocycles. The maximum absolute atomic E-state index is 12.3. The van der Waals surface area contributed by atoms with E-state index in [0.29, 0.717) is 29.0 Å². The van der Waals surface area contributed by atoms with Crippen molar-refractivity contribution in [2.75, 3.05) is 19.0 Å². The Hall–Kier alpha value is -2.81. The van der Waals surface area contributed by atoms with E-state index in [2.05, 4.69) is 5.32 Å². The van der Waals surface area contributed by atoms with Crippen LogP contribution in [0.2, 0.25) is 0 Å². The van der Waals surface area contributed by atoms with E-state index >= 15 is 0 Å². The monoisotopic (exact) mass is 375 g/mol. The van der Waals surface area contributed by atoms with Crippen LogP contribution in [0.5, 0.6) is 5.75 Å². The third kappa shape index (κ3) is 6.60. The summed E-state index contributed by atoms with van der Waals surface area (Å²) in [6, 6.07) is 13.7. The molecule has 0 aliphatic rings. The van der Waals surface area contributed by atoms with E-state index in [1.165, 1.54) is 0 Å². The Kier molecular flexibility index (Phi) is 9.55. The van der Waals surface area contributed by atoms with Crippen molar-refractivity contribution in [1.29, 1.82) is 0 Å². The molecule has 26 heavy (non-hydrogen) atoms. The number of aliphatic hydroxyl groups is 1. The summed E-state index contributed by atoms with van der Waals surface area (Å²) < 4.78 is 5.18. The molecular weight excluding hydrogens is 354 g/mol. The van der Waals surface area contributed by atoms with Gasteiger partial charge in [0.2, 0.25) is 0 Å². The zero-order chi connectivity index (χ0) is 19.4. The quantitative estimate of drug-likeness (QED) is 0.430. The van der Waals surface area contributed by atoms with E-state index in [-0.39, 0.29) is 12.5 Å². The number of amides is 1. The van der Waals surface area contributed by atoms with Crippen LogP contribution in [0.4, 0.5) is 5.69 Å². The summed E-state index contributed by atoms with van der Waals surface area (Å²) in [5.74, 6) is 0.183. The maximum atomic E-state index is 12.3. The molecule has 0 bridgehead atoms. The molecule has 0 unspecified atom stereocenters. The number of anilines is 1. The summed E-state index contributed by atoms with van der Waals surface area (Å²) in [7, 11) is 1.00. The standard InChI is InChI=1S/C17H17N3O3S.CH4O/c18-16(11-24-19)12-4-6-14(7-5-12)20-17(22)13-2-1-3-15(10-13)23-9-8-21;1-2/h1-8,10-11H,9,18-19H2,(H,20,22);2H,1H3/b16-11-;. The van der Waals surface area contributed by atoms with Gasteiger partial charge in [-0.25, -0.2) is 0 Å². The molecular formula is C18H21N3O4S. The smallest absolute Gasteiger partial charge is 0.255 e. The minimum Gasteiger partial charge on any atom is -0.486 e. The third-order valence-corrected chi connectivity index (χ3v) is 3.48. The average Bonchev–Trinajstić information content (AvgIpc) is 2.69. The molecule has 0 aliphatic carbocycles. The van der Waals surface area contributed by atoms with Crippen molar-refractivity contribution in [1.82, 2.24) is 0 Å². The number of nitrogens with one attached hydrogen (secondary N) is 1. The van der Waals surface area contributed by atoms with Crippen molar-refractivity contribution >= 4 is 35.5 Å². The minimum atomic E-state index is -0.277. The van der Waals surface area contributed by atoms with E-state index in [0.717, 1.165) is 24.6 Å². The highest BCUT2D eigenvalue weighted by atomic mass is 32.2. The van der Waals surface area contributed by atoms with Crippen molar-refractivity contribution in [3.63, 3.8) is 0 Å². The summed E-state index contributed by atoms with van der Waals surface area (Å²) >= 11 is 1.03. The first-order chi connectivity index (χ1) is 12.6. The largest absolute Gasteiger partial charge is 0.486 e. The Bertz CT molecular complexity index is 748. The molecule has 0 atom stereocenters. The van der Waals surface area contributed by atoms with E-state index in [4.69, 9.17) is 20.7 Å². The lowest BCUT2D eigenvalue weighted by Crippen LogP contribution is -2.12. The molecule has 0 fully saturated rings. The fourth-order valence-corrected chi connectivity index (χ4v) is 2.23. The lowest BCUT2D eigenvalue weighted by atomic mass is 10.1. The number of benzene rings is 2. The van der Waals surface area contributed by atoms with Crippen LogP contribution in [0.25, 0.3) is 5.70 Å². The minimum absolute atomic E-state index is 0.0530. The van der Waals surface area contributed by atoms with Crippen LogP contribution in [-0.2, 0) is 4.79 Å². The van der Waals surface area contributed by atoms with Crippen LogP contribution in [-0.4, -0.2) is 31.0 Å². The number of hydrogen-bond acceptors (Lipinski definition) is 7. The summed E-state index contributed by atoms with van der Waals surface area (Å²) in [6.07, 6.45) is 0.650. The molecule has 2 aromatic rings. The van der Waals surface area contributed by atoms with Gasteiger partial charge in [-0.3, -0.25) is 14.7 Å². The number of nitrogens with two attached hydrogens (primary N) is 2. The average molecular weight is 375 g/mol. The van der Waals surface area contributed by atoms with Gasteiger partial charge in [0.15, 0.2) is 6.29 Å². The van der Waals surface area contributed by atoms with E-state index < -0.39 is 0 Å². The fourth-order valence-electron chi connectivity index (χ4n) is 1.95. The number of aldehydes is 1. The molecule has 0 saturated carbocycles. The van der Waals surface area contributed by atoms with Gasteiger partial charge in [0.05, 0.1) is 0 Å². The van der Waals surface area contributed by atoms with Gasteiger partial charge in [-0.1, -0.05) is 30.1 Å². The van der Waals surface area contributed by atoms with Crippen molar-refractivity contribution in [3.05, 3.63) is 65.1 Å². The molecule has 1 amide bonds. The Labute approximate surface area is 156 Å². The zero-order valence-electron chi connectivity index (χ0n) is 14.2. The highest BCUT2D eigenvalue weighted by molar-refractivity contribution is 8.00. The Morgan fingerprint density at radius 1 is 1.19 bits per heavy atom. The van der Waals surface area contributed by atoms with Crippen LogP contribution < -0.4 is 20.9 Å². The number of carbonyl (C=O) groups is 2. The number of aliphatic hydroxyl groups excluding tert-OH is 1. The molecule has 7 nitrogen and oxygen atoms in total.